The Kier molecular flexibility index (Phi) is 1.65. The highest BCUT2D eigenvalue weighted by molar-refractivity contribution is 5.12. The van der Waals surface area contributed by atoms with Crippen molar-refractivity contribution in [1.82, 2.24) is 0 Å². The van der Waals surface area contributed by atoms with Crippen LogP contribution in [0.25, 0.3) is 0 Å². The third-order valence-corrected chi connectivity index (χ3v) is 1.98. The van der Waals surface area contributed by atoms with Gasteiger partial charge < -0.3 is 11.5 Å². The van der Waals surface area contributed by atoms with E-state index in [-0.39, 0.29) is 0 Å². The average molecular weight is 126 g/mol. The van der Waals surface area contributed by atoms with Crippen molar-refractivity contribution in [3.63, 3.8) is 0 Å². The molecule has 9 heavy (non-hydrogen) atoms. The SMILES string of the molecule is CC1CCCC(N)=C1N. The molecule has 1 rings (SSSR count). The van der Waals surface area contributed by atoms with Gasteiger partial charge in [0.15, 0.2) is 0 Å². The van der Waals surface area contributed by atoms with Gasteiger partial charge in [-0.2, -0.15) is 0 Å². The highest BCUT2D eigenvalue weighted by Gasteiger charge is 2.13. The molecule has 4 N–H and O–H groups in total. The van der Waals surface area contributed by atoms with E-state index in [0.29, 0.717) is 5.92 Å². The largest absolute Gasteiger partial charge is 0.401 e. The molecule has 0 saturated heterocycles. The summed E-state index contributed by atoms with van der Waals surface area (Å²) in [7, 11) is 0. The second kappa shape index (κ2) is 2.29. The number of allylic oxidation sites excluding steroid dienone is 2. The normalized spacial score (nSPS) is 28.8. The first-order chi connectivity index (χ1) is 4.22. The third-order valence-electron chi connectivity index (χ3n) is 1.98. The van der Waals surface area contributed by atoms with E-state index in [1.54, 1.807) is 0 Å². The molecule has 0 aliphatic heterocycles. The molecule has 2 heteroatoms. The van der Waals surface area contributed by atoms with E-state index in [9.17, 15) is 0 Å². The maximum Gasteiger partial charge on any atom is 0.0300 e. The predicted octanol–water partition coefficient (Wildman–Crippen LogP) is 0.935. The van der Waals surface area contributed by atoms with E-state index in [4.69, 9.17) is 11.5 Å². The van der Waals surface area contributed by atoms with Crippen LogP contribution in [0.1, 0.15) is 26.2 Å². The van der Waals surface area contributed by atoms with Crippen molar-refractivity contribution < 1.29 is 0 Å². The van der Waals surface area contributed by atoms with Crippen LogP contribution in [-0.2, 0) is 0 Å². The second-order valence-electron chi connectivity index (χ2n) is 2.77. The summed E-state index contributed by atoms with van der Waals surface area (Å²) in [5.41, 5.74) is 13.1. The summed E-state index contributed by atoms with van der Waals surface area (Å²) in [6.45, 7) is 2.13. The Morgan fingerprint density at radius 2 is 2.11 bits per heavy atom. The molecular weight excluding hydrogens is 112 g/mol. The molecule has 1 aliphatic carbocycles. The van der Waals surface area contributed by atoms with E-state index in [1.165, 1.54) is 12.8 Å². The van der Waals surface area contributed by atoms with Crippen molar-refractivity contribution in [2.75, 3.05) is 0 Å². The van der Waals surface area contributed by atoms with Gasteiger partial charge in [0.25, 0.3) is 0 Å². The highest BCUT2D eigenvalue weighted by atomic mass is 14.7. The lowest BCUT2D eigenvalue weighted by molar-refractivity contribution is 0.527. The lowest BCUT2D eigenvalue weighted by Gasteiger charge is -2.19. The Morgan fingerprint density at radius 3 is 2.56 bits per heavy atom. The molecule has 0 aromatic carbocycles. The van der Waals surface area contributed by atoms with Gasteiger partial charge in [-0.25, -0.2) is 0 Å². The van der Waals surface area contributed by atoms with E-state index < -0.39 is 0 Å². The van der Waals surface area contributed by atoms with E-state index in [2.05, 4.69) is 6.92 Å². The quantitative estimate of drug-likeness (QED) is 0.507. The summed E-state index contributed by atoms with van der Waals surface area (Å²) in [6, 6.07) is 0. The summed E-state index contributed by atoms with van der Waals surface area (Å²) in [6.07, 6.45) is 3.40. The van der Waals surface area contributed by atoms with Crippen molar-refractivity contribution in [1.29, 1.82) is 0 Å². The lowest BCUT2D eigenvalue weighted by atomic mass is 9.92. The minimum absolute atomic E-state index is 0.513. The predicted molar refractivity (Wildman–Crippen MR) is 38.4 cm³/mol. The van der Waals surface area contributed by atoms with Crippen molar-refractivity contribution in [3.8, 4) is 0 Å². The Labute approximate surface area is 55.9 Å². The molecule has 0 amide bonds. The molecule has 1 unspecified atom stereocenters. The average Bonchev–Trinajstić information content (AvgIpc) is 1.83. The molecular formula is C7H14N2. The molecule has 1 atom stereocenters. The van der Waals surface area contributed by atoms with Crippen molar-refractivity contribution in [2.45, 2.75) is 26.2 Å². The van der Waals surface area contributed by atoms with E-state index >= 15 is 0 Å². The second-order valence-corrected chi connectivity index (χ2v) is 2.77. The number of rotatable bonds is 0. The summed E-state index contributed by atoms with van der Waals surface area (Å²) in [5.74, 6) is 0.513. The minimum Gasteiger partial charge on any atom is -0.401 e. The van der Waals surface area contributed by atoms with E-state index in [0.717, 1.165) is 17.8 Å². The zero-order valence-electron chi connectivity index (χ0n) is 5.85. The summed E-state index contributed by atoms with van der Waals surface area (Å²) in [4.78, 5) is 0. The standard InChI is InChI=1S/C7H14N2/c1-5-3-2-4-6(8)7(5)9/h5H,2-4,8-9H2,1H3. The number of hydrogen-bond donors (Lipinski definition) is 2. The zero-order valence-corrected chi connectivity index (χ0v) is 5.85. The smallest absolute Gasteiger partial charge is 0.0300 e. The summed E-state index contributed by atoms with van der Waals surface area (Å²) < 4.78 is 0. The van der Waals surface area contributed by atoms with Gasteiger partial charge in [-0.05, 0) is 25.2 Å². The molecule has 0 fully saturated rings. The van der Waals surface area contributed by atoms with Gasteiger partial charge in [-0.3, -0.25) is 0 Å². The van der Waals surface area contributed by atoms with Crippen LogP contribution < -0.4 is 11.5 Å². The number of nitrogens with two attached hydrogens (primary N) is 2. The topological polar surface area (TPSA) is 52.0 Å². The number of hydrogen-bond acceptors (Lipinski definition) is 2. The fourth-order valence-corrected chi connectivity index (χ4v) is 1.22. The molecule has 0 spiro atoms. The molecule has 0 heterocycles. The summed E-state index contributed by atoms with van der Waals surface area (Å²) >= 11 is 0. The first-order valence-electron chi connectivity index (χ1n) is 3.46. The van der Waals surface area contributed by atoms with Crippen LogP contribution in [0.4, 0.5) is 0 Å². The molecule has 52 valence electrons. The van der Waals surface area contributed by atoms with E-state index in [1.807, 2.05) is 0 Å². The van der Waals surface area contributed by atoms with Crippen LogP contribution in [0, 0.1) is 5.92 Å². The van der Waals surface area contributed by atoms with Gasteiger partial charge >= 0.3 is 0 Å². The molecule has 0 bridgehead atoms. The van der Waals surface area contributed by atoms with Gasteiger partial charge in [0, 0.05) is 11.4 Å². The molecule has 0 aromatic rings. The minimum atomic E-state index is 0.513. The summed E-state index contributed by atoms with van der Waals surface area (Å²) in [5, 5.41) is 0. The first kappa shape index (κ1) is 6.46. The van der Waals surface area contributed by atoms with Crippen LogP contribution in [0.2, 0.25) is 0 Å². The fraction of sp³-hybridized carbons (Fsp3) is 0.714. The van der Waals surface area contributed by atoms with Crippen LogP contribution in [0.5, 0.6) is 0 Å². The van der Waals surface area contributed by atoms with Gasteiger partial charge in [-0.1, -0.05) is 6.92 Å². The molecule has 2 nitrogen and oxygen atoms in total. The van der Waals surface area contributed by atoms with Gasteiger partial charge in [-0.15, -0.1) is 0 Å². The Morgan fingerprint density at radius 1 is 1.44 bits per heavy atom. The molecule has 1 aliphatic rings. The maximum atomic E-state index is 5.68. The zero-order chi connectivity index (χ0) is 6.85. The molecule has 0 radical (unpaired) electrons. The van der Waals surface area contributed by atoms with Crippen LogP contribution in [0.3, 0.4) is 0 Å². The Balaban J connectivity index is 2.72. The Hall–Kier alpha value is -0.660. The monoisotopic (exact) mass is 126 g/mol. The van der Waals surface area contributed by atoms with Crippen LogP contribution in [-0.4, -0.2) is 0 Å². The van der Waals surface area contributed by atoms with Gasteiger partial charge in [0.1, 0.15) is 0 Å². The van der Waals surface area contributed by atoms with Crippen LogP contribution >= 0.6 is 0 Å². The van der Waals surface area contributed by atoms with Gasteiger partial charge in [0.2, 0.25) is 0 Å². The third kappa shape index (κ3) is 1.18. The first-order valence-corrected chi connectivity index (χ1v) is 3.46. The molecule has 0 aromatic heterocycles. The van der Waals surface area contributed by atoms with Crippen molar-refractivity contribution in [2.24, 2.45) is 17.4 Å². The Bertz CT molecular complexity index is 138. The maximum absolute atomic E-state index is 5.68. The van der Waals surface area contributed by atoms with Gasteiger partial charge in [0.05, 0.1) is 0 Å². The van der Waals surface area contributed by atoms with Crippen molar-refractivity contribution >= 4 is 0 Å². The van der Waals surface area contributed by atoms with Crippen LogP contribution in [0.15, 0.2) is 11.4 Å². The molecule has 0 saturated carbocycles. The highest BCUT2D eigenvalue weighted by Crippen LogP contribution is 2.22. The lowest BCUT2D eigenvalue weighted by Crippen LogP contribution is -2.20. The fourth-order valence-electron chi connectivity index (χ4n) is 1.22. The van der Waals surface area contributed by atoms with Crippen molar-refractivity contribution in [3.05, 3.63) is 11.4 Å².